The molecule has 0 radical (unpaired) electrons. The first-order chi connectivity index (χ1) is 17.6. The molecule has 10 nitrogen and oxygen atoms in total. The number of carbonyl (C=O) groups is 4. The zero-order valence-electron chi connectivity index (χ0n) is 23.5. The molecule has 0 spiro atoms. The van der Waals surface area contributed by atoms with Gasteiger partial charge in [-0.15, -0.1) is 0 Å². The molecule has 0 aliphatic heterocycles. The number of alkyl carbamates (subject to hydrolysis) is 2. The maximum Gasteiger partial charge on any atom is 0.407 e. The van der Waals surface area contributed by atoms with Gasteiger partial charge >= 0.3 is 12.2 Å². The third-order valence-corrected chi connectivity index (χ3v) is 5.91. The summed E-state index contributed by atoms with van der Waals surface area (Å²) in [6, 6.07) is 3.55. The fraction of sp³-hybridized carbons (Fsp3) is 0.615. The average molecular weight is 573 g/mol. The van der Waals surface area contributed by atoms with E-state index in [2.05, 4.69) is 10.6 Å². The fourth-order valence-corrected chi connectivity index (χ4v) is 4.01. The van der Waals surface area contributed by atoms with Crippen LogP contribution in [0.2, 0.25) is 0 Å². The van der Waals surface area contributed by atoms with Crippen LogP contribution in [0.15, 0.2) is 12.1 Å². The van der Waals surface area contributed by atoms with Gasteiger partial charge in [-0.3, -0.25) is 9.59 Å². The van der Waals surface area contributed by atoms with Gasteiger partial charge in [-0.05, 0) is 64.8 Å². The maximum atomic E-state index is 11.9. The Morgan fingerprint density at radius 3 is 1.32 bits per heavy atom. The summed E-state index contributed by atoms with van der Waals surface area (Å²) in [4.78, 5) is 47.0. The van der Waals surface area contributed by atoms with Crippen molar-refractivity contribution in [2.24, 2.45) is 0 Å². The molecule has 0 aliphatic rings. The Morgan fingerprint density at radius 1 is 0.684 bits per heavy atom. The highest BCUT2D eigenvalue weighted by Gasteiger charge is 2.18. The van der Waals surface area contributed by atoms with E-state index >= 15 is 0 Å². The van der Waals surface area contributed by atoms with E-state index in [-0.39, 0.29) is 36.5 Å². The number of rotatable bonds is 12. The Balaban J connectivity index is 3.00. The summed E-state index contributed by atoms with van der Waals surface area (Å²) < 4.78 is 22.3. The Kier molecular flexibility index (Phi) is 13.8. The summed E-state index contributed by atoms with van der Waals surface area (Å²) in [6.45, 7) is 14.3. The van der Waals surface area contributed by atoms with Gasteiger partial charge in [-0.25, -0.2) is 9.59 Å². The lowest BCUT2D eigenvalue weighted by atomic mass is 10.1. The predicted octanol–water partition coefficient (Wildman–Crippen LogP) is 5.05. The van der Waals surface area contributed by atoms with E-state index in [1.165, 1.54) is 13.8 Å². The number of thioether (sulfide) groups is 2. The summed E-state index contributed by atoms with van der Waals surface area (Å²) >= 11 is 2.30. The van der Waals surface area contributed by atoms with E-state index in [0.717, 1.165) is 34.7 Å². The molecule has 12 heteroatoms. The Hall–Kier alpha value is -2.60. The molecule has 0 atom stereocenters. The van der Waals surface area contributed by atoms with Crippen LogP contribution in [0.25, 0.3) is 0 Å². The normalized spacial score (nSPS) is 11.4. The molecule has 38 heavy (non-hydrogen) atoms. The van der Waals surface area contributed by atoms with E-state index in [4.69, 9.17) is 18.9 Å². The number of carbonyl (C=O) groups excluding carboxylic acids is 4. The second-order valence-electron chi connectivity index (χ2n) is 10.2. The molecule has 2 N–H and O–H groups in total. The molecular weight excluding hydrogens is 532 g/mol. The first-order valence-electron chi connectivity index (χ1n) is 12.2. The van der Waals surface area contributed by atoms with Crippen LogP contribution in [0.1, 0.15) is 66.5 Å². The van der Waals surface area contributed by atoms with Crippen LogP contribution >= 0.6 is 23.5 Å². The van der Waals surface area contributed by atoms with E-state index in [9.17, 15) is 19.2 Å². The quantitative estimate of drug-likeness (QED) is 0.328. The van der Waals surface area contributed by atoms with E-state index in [0.29, 0.717) is 23.0 Å². The number of amides is 2. The summed E-state index contributed by atoms with van der Waals surface area (Å²) in [5.74, 6) is 1.61. The lowest BCUT2D eigenvalue weighted by Gasteiger charge is -2.21. The highest BCUT2D eigenvalue weighted by molar-refractivity contribution is 8.13. The SMILES string of the molecule is CC(=O)SCc1cc(OCCNC(=O)OC(C)(C)C)c(OCCNC(=O)OC(C)(C)C)cc1CSC(C)=O. The van der Waals surface area contributed by atoms with Crippen LogP contribution in [0, 0.1) is 0 Å². The lowest BCUT2D eigenvalue weighted by Crippen LogP contribution is -2.35. The Bertz CT molecular complexity index is 894. The van der Waals surface area contributed by atoms with Crippen LogP contribution in [0.5, 0.6) is 11.5 Å². The van der Waals surface area contributed by atoms with Crippen LogP contribution in [0.4, 0.5) is 9.59 Å². The van der Waals surface area contributed by atoms with Gasteiger partial charge in [-0.1, -0.05) is 23.5 Å². The van der Waals surface area contributed by atoms with Crippen molar-refractivity contribution < 1.29 is 38.1 Å². The van der Waals surface area contributed by atoms with Crippen molar-refractivity contribution in [3.8, 4) is 11.5 Å². The largest absolute Gasteiger partial charge is 0.488 e. The van der Waals surface area contributed by atoms with Crippen molar-refractivity contribution in [1.82, 2.24) is 10.6 Å². The third kappa shape index (κ3) is 15.6. The molecule has 214 valence electrons. The van der Waals surface area contributed by atoms with Crippen molar-refractivity contribution in [1.29, 1.82) is 0 Å². The van der Waals surface area contributed by atoms with Crippen LogP contribution < -0.4 is 20.1 Å². The maximum absolute atomic E-state index is 11.9. The molecule has 1 aromatic rings. The second kappa shape index (κ2) is 15.7. The second-order valence-corrected chi connectivity index (χ2v) is 12.5. The van der Waals surface area contributed by atoms with Gasteiger partial charge in [0.1, 0.15) is 24.4 Å². The van der Waals surface area contributed by atoms with Crippen molar-refractivity contribution >= 4 is 45.9 Å². The van der Waals surface area contributed by atoms with Crippen LogP contribution in [-0.4, -0.2) is 59.9 Å². The van der Waals surface area contributed by atoms with Crippen molar-refractivity contribution in [2.75, 3.05) is 26.3 Å². The first-order valence-corrected chi connectivity index (χ1v) is 14.1. The van der Waals surface area contributed by atoms with E-state index in [1.807, 2.05) is 0 Å². The molecule has 0 aliphatic carbocycles. The van der Waals surface area contributed by atoms with Gasteiger partial charge in [0.2, 0.25) is 0 Å². The monoisotopic (exact) mass is 572 g/mol. The molecule has 0 aromatic heterocycles. The van der Waals surface area contributed by atoms with Gasteiger partial charge in [0.05, 0.1) is 13.1 Å². The highest BCUT2D eigenvalue weighted by Crippen LogP contribution is 2.34. The molecule has 2 amide bonds. The summed E-state index contributed by atoms with van der Waals surface area (Å²) in [5.41, 5.74) is 0.425. The fourth-order valence-electron chi connectivity index (χ4n) is 2.75. The summed E-state index contributed by atoms with van der Waals surface area (Å²) in [7, 11) is 0. The minimum atomic E-state index is -0.615. The minimum Gasteiger partial charge on any atom is -0.488 e. The standard InChI is InChI=1S/C26H40N2O8S2/c1-17(29)37-15-19-13-21(33-11-9-27-23(31)35-25(3,4)5)22(14-20(19)16-38-18(2)30)34-12-10-28-24(32)36-26(6,7)8/h13-14H,9-12,15-16H2,1-8H3,(H,27,31)(H,28,32). The number of benzene rings is 1. The number of nitrogens with one attached hydrogen (secondary N) is 2. The first kappa shape index (κ1) is 33.4. The lowest BCUT2D eigenvalue weighted by molar-refractivity contribution is -0.109. The van der Waals surface area contributed by atoms with Crippen LogP contribution in [-0.2, 0) is 30.6 Å². The molecule has 0 bridgehead atoms. The number of ether oxygens (including phenoxy) is 4. The smallest absolute Gasteiger partial charge is 0.407 e. The van der Waals surface area contributed by atoms with E-state index in [1.54, 1.807) is 53.7 Å². The third-order valence-electron chi connectivity index (χ3n) is 4.18. The summed E-state index contributed by atoms with van der Waals surface area (Å²) in [5, 5.41) is 5.20. The highest BCUT2D eigenvalue weighted by atomic mass is 32.2. The van der Waals surface area contributed by atoms with Gasteiger partial charge in [-0.2, -0.15) is 0 Å². The van der Waals surface area contributed by atoms with Crippen molar-refractivity contribution in [3.63, 3.8) is 0 Å². The predicted molar refractivity (Wildman–Crippen MR) is 150 cm³/mol. The molecule has 0 heterocycles. The van der Waals surface area contributed by atoms with Gasteiger partial charge < -0.3 is 29.6 Å². The van der Waals surface area contributed by atoms with Gasteiger partial charge in [0, 0.05) is 25.4 Å². The van der Waals surface area contributed by atoms with Crippen molar-refractivity contribution in [3.05, 3.63) is 23.3 Å². The van der Waals surface area contributed by atoms with Gasteiger partial charge in [0.25, 0.3) is 0 Å². The molecule has 0 fully saturated rings. The average Bonchev–Trinajstić information content (AvgIpc) is 2.75. The minimum absolute atomic E-state index is 0.0345. The van der Waals surface area contributed by atoms with E-state index < -0.39 is 23.4 Å². The molecule has 0 saturated heterocycles. The Labute approximate surface area is 233 Å². The zero-order chi connectivity index (χ0) is 28.9. The van der Waals surface area contributed by atoms with Crippen molar-refractivity contribution in [2.45, 2.75) is 78.1 Å². The number of hydrogen-bond acceptors (Lipinski definition) is 10. The van der Waals surface area contributed by atoms with Gasteiger partial charge in [0.15, 0.2) is 21.7 Å². The summed E-state index contributed by atoms with van der Waals surface area (Å²) in [6.07, 6.45) is -1.11. The molecule has 0 saturated carbocycles. The molecule has 0 unspecified atom stereocenters. The molecule has 1 aromatic carbocycles. The molecule has 1 rings (SSSR count). The molecular formula is C26H40N2O8S2. The topological polar surface area (TPSA) is 129 Å². The van der Waals surface area contributed by atoms with Crippen LogP contribution in [0.3, 0.4) is 0 Å². The number of hydrogen-bond donors (Lipinski definition) is 2. The Morgan fingerprint density at radius 2 is 1.03 bits per heavy atom. The zero-order valence-corrected chi connectivity index (χ0v) is 25.1.